The molecule has 246 valence electrons. The molecule has 14 heteroatoms. The van der Waals surface area contributed by atoms with Crippen LogP contribution in [0.4, 0.5) is 22.0 Å². The van der Waals surface area contributed by atoms with Gasteiger partial charge in [-0.2, -0.15) is 22.0 Å². The molecule has 46 heavy (non-hydrogen) atoms. The number of amides is 3. The number of hydrogen-bond donors (Lipinski definition) is 3. The minimum absolute atomic E-state index is 0.227. The Morgan fingerprint density at radius 1 is 0.804 bits per heavy atom. The van der Waals surface area contributed by atoms with Gasteiger partial charge in [-0.1, -0.05) is 92.2 Å². The lowest BCUT2D eigenvalue weighted by molar-refractivity contribution is -0.165. The summed E-state index contributed by atoms with van der Waals surface area (Å²) in [6.07, 6.45) is -6.16. The monoisotopic (exact) mass is 667 g/mol. The van der Waals surface area contributed by atoms with Gasteiger partial charge in [0.25, 0.3) is 5.91 Å². The van der Waals surface area contributed by atoms with E-state index in [0.29, 0.717) is 16.3 Å². The molecule has 3 amide bonds. The van der Waals surface area contributed by atoms with Crippen LogP contribution in [0.3, 0.4) is 0 Å². The molecule has 0 aliphatic heterocycles. The Balaban J connectivity index is 1.84. The van der Waals surface area contributed by atoms with E-state index < -0.39 is 66.3 Å². The predicted octanol–water partition coefficient (Wildman–Crippen LogP) is 5.73. The van der Waals surface area contributed by atoms with Crippen molar-refractivity contribution in [2.24, 2.45) is 5.92 Å². The molecule has 0 bridgehead atoms. The highest BCUT2D eigenvalue weighted by Gasteiger charge is 2.52. The summed E-state index contributed by atoms with van der Waals surface area (Å²) in [5.41, 5.74) is 0.847. The molecule has 3 aromatic rings. The fraction of sp³-hybridized carbons (Fsp3) is 0.312. The molecular weight excluding hydrogens is 637 g/mol. The van der Waals surface area contributed by atoms with Gasteiger partial charge in [0, 0.05) is 5.02 Å². The van der Waals surface area contributed by atoms with Gasteiger partial charge in [-0.25, -0.2) is 0 Å². The van der Waals surface area contributed by atoms with Gasteiger partial charge >= 0.3 is 12.1 Å². The summed E-state index contributed by atoms with van der Waals surface area (Å²) in [5, 5.41) is 6.09. The first-order valence-electron chi connectivity index (χ1n) is 14.0. The Morgan fingerprint density at radius 3 is 1.93 bits per heavy atom. The molecule has 0 radical (unpaired) electrons. The number of rotatable bonds is 14. The van der Waals surface area contributed by atoms with Gasteiger partial charge in [-0.15, -0.1) is 0 Å². The molecule has 3 N–H and O–H groups in total. The van der Waals surface area contributed by atoms with Crippen LogP contribution in [0.15, 0.2) is 84.9 Å². The number of carbonyl (C=O) groups excluding carboxylic acids is 4. The molecule has 3 aromatic carbocycles. The van der Waals surface area contributed by atoms with Gasteiger partial charge in [0.2, 0.25) is 17.6 Å². The molecule has 3 atom stereocenters. The molecule has 0 aromatic heterocycles. The van der Waals surface area contributed by atoms with Crippen molar-refractivity contribution in [1.82, 2.24) is 16.0 Å². The molecule has 0 heterocycles. The number of Topliss-reactive ketones (excluding diaryl/α,β-unsaturated/α-hetero) is 1. The van der Waals surface area contributed by atoms with E-state index in [1.165, 1.54) is 26.0 Å². The van der Waals surface area contributed by atoms with Crippen LogP contribution >= 0.6 is 11.6 Å². The SMILES string of the molecule is CC(C)[C@H](NC(=O)[C@@H](NC(=O)CC(Oc1cccc(Cl)c1)c1ccccc1)c1ccccc1)C(=O)C(F)(F)C(=O)NCC(F)(F)F. The molecule has 0 saturated heterocycles. The summed E-state index contributed by atoms with van der Waals surface area (Å²) < 4.78 is 72.9. The van der Waals surface area contributed by atoms with E-state index in [4.69, 9.17) is 16.3 Å². The number of nitrogens with one attached hydrogen (secondary N) is 3. The second-order valence-corrected chi connectivity index (χ2v) is 11.0. The Hall–Kier alpha value is -4.52. The van der Waals surface area contributed by atoms with Crippen LogP contribution in [0.2, 0.25) is 5.02 Å². The fourth-order valence-corrected chi connectivity index (χ4v) is 4.48. The van der Waals surface area contributed by atoms with Crippen molar-refractivity contribution in [1.29, 1.82) is 0 Å². The zero-order valence-electron chi connectivity index (χ0n) is 24.6. The zero-order valence-corrected chi connectivity index (χ0v) is 25.4. The molecular formula is C32H31ClF5N3O5. The Kier molecular flexibility index (Phi) is 12.2. The highest BCUT2D eigenvalue weighted by molar-refractivity contribution is 6.30. The Bertz CT molecular complexity index is 1510. The van der Waals surface area contributed by atoms with Crippen LogP contribution in [0.1, 0.15) is 43.5 Å². The molecule has 0 saturated carbocycles. The Labute approximate surface area is 266 Å². The first-order valence-corrected chi connectivity index (χ1v) is 14.3. The van der Waals surface area contributed by atoms with Crippen molar-refractivity contribution in [3.63, 3.8) is 0 Å². The molecule has 8 nitrogen and oxygen atoms in total. The zero-order chi connectivity index (χ0) is 34.1. The fourth-order valence-electron chi connectivity index (χ4n) is 4.30. The standard InChI is InChI=1S/C32H31ClF5N3O5/c1-19(2)26(28(43)32(37,38)30(45)39-18-31(34,35)36)41-29(44)27(21-12-7-4-8-13-21)40-25(42)17-24(20-10-5-3-6-11-20)46-23-15-9-14-22(33)16-23/h3-16,19,24,26-27H,17-18H2,1-2H3,(H,39,45)(H,40,42)(H,41,44)/t24?,26-,27-/m0/s1. The van der Waals surface area contributed by atoms with Gasteiger partial charge in [0.15, 0.2) is 0 Å². The van der Waals surface area contributed by atoms with Crippen molar-refractivity contribution < 1.29 is 45.9 Å². The second-order valence-electron chi connectivity index (χ2n) is 10.6. The third-order valence-corrected chi connectivity index (χ3v) is 6.84. The quantitative estimate of drug-likeness (QED) is 0.150. The second kappa shape index (κ2) is 15.7. The Morgan fingerprint density at radius 2 is 1.39 bits per heavy atom. The molecule has 1 unspecified atom stereocenters. The summed E-state index contributed by atoms with van der Waals surface area (Å²) in [6.45, 7) is 0.501. The normalized spacial score (nSPS) is 13.7. The highest BCUT2D eigenvalue weighted by atomic mass is 35.5. The van der Waals surface area contributed by atoms with Crippen LogP contribution < -0.4 is 20.7 Å². The number of ketones is 1. The van der Waals surface area contributed by atoms with Crippen molar-refractivity contribution in [2.45, 2.75) is 50.6 Å². The first-order chi connectivity index (χ1) is 21.6. The van der Waals surface area contributed by atoms with Crippen LogP contribution in [0, 0.1) is 5.92 Å². The summed E-state index contributed by atoms with van der Waals surface area (Å²) >= 11 is 6.07. The number of carbonyl (C=O) groups is 4. The summed E-state index contributed by atoms with van der Waals surface area (Å²) in [7, 11) is 0. The smallest absolute Gasteiger partial charge is 0.405 e. The number of ether oxygens (including phenoxy) is 1. The van der Waals surface area contributed by atoms with E-state index in [1.807, 2.05) is 0 Å². The third-order valence-electron chi connectivity index (χ3n) is 6.61. The largest absolute Gasteiger partial charge is 0.485 e. The van der Waals surface area contributed by atoms with Crippen molar-refractivity contribution in [2.75, 3.05) is 6.54 Å². The van der Waals surface area contributed by atoms with Crippen molar-refractivity contribution >= 4 is 35.1 Å². The molecule has 3 rings (SSSR count). The van der Waals surface area contributed by atoms with Crippen LogP contribution in [0.5, 0.6) is 5.75 Å². The van der Waals surface area contributed by atoms with Gasteiger partial charge in [0.1, 0.15) is 24.4 Å². The maximum absolute atomic E-state index is 14.7. The van der Waals surface area contributed by atoms with Crippen LogP contribution in [-0.4, -0.2) is 48.2 Å². The number of alkyl halides is 5. The van der Waals surface area contributed by atoms with E-state index in [2.05, 4.69) is 10.6 Å². The number of benzene rings is 3. The van der Waals surface area contributed by atoms with Crippen molar-refractivity contribution in [3.8, 4) is 5.75 Å². The van der Waals surface area contributed by atoms with Gasteiger partial charge < -0.3 is 20.7 Å². The van der Waals surface area contributed by atoms with Crippen LogP contribution in [0.25, 0.3) is 0 Å². The van der Waals surface area contributed by atoms with Gasteiger partial charge in [-0.3, -0.25) is 19.2 Å². The minimum Gasteiger partial charge on any atom is -0.485 e. The minimum atomic E-state index is -5.00. The van der Waals surface area contributed by atoms with E-state index in [0.717, 1.165) is 5.32 Å². The first kappa shape index (κ1) is 36.0. The summed E-state index contributed by atoms with van der Waals surface area (Å²) in [4.78, 5) is 51.6. The third kappa shape index (κ3) is 10.3. The molecule has 0 spiro atoms. The van der Waals surface area contributed by atoms with Gasteiger partial charge in [0.05, 0.1) is 12.5 Å². The average molecular weight is 668 g/mol. The maximum Gasteiger partial charge on any atom is 0.405 e. The molecule has 0 aliphatic rings. The lowest BCUT2D eigenvalue weighted by Gasteiger charge is -2.28. The summed E-state index contributed by atoms with van der Waals surface area (Å²) in [6, 6.07) is 19.4. The highest BCUT2D eigenvalue weighted by Crippen LogP contribution is 2.28. The lowest BCUT2D eigenvalue weighted by atomic mass is 9.94. The van der Waals surface area contributed by atoms with E-state index in [1.54, 1.807) is 72.8 Å². The predicted molar refractivity (Wildman–Crippen MR) is 159 cm³/mol. The molecule has 0 fully saturated rings. The van der Waals surface area contributed by atoms with E-state index in [9.17, 15) is 41.1 Å². The molecule has 0 aliphatic carbocycles. The maximum atomic E-state index is 14.7. The average Bonchev–Trinajstić information content (AvgIpc) is 3.00. The van der Waals surface area contributed by atoms with E-state index in [-0.39, 0.29) is 12.0 Å². The number of hydrogen-bond acceptors (Lipinski definition) is 5. The van der Waals surface area contributed by atoms with Crippen molar-refractivity contribution in [3.05, 3.63) is 101 Å². The van der Waals surface area contributed by atoms with Gasteiger partial charge in [-0.05, 0) is 35.2 Å². The number of halogens is 6. The van der Waals surface area contributed by atoms with E-state index >= 15 is 0 Å². The topological polar surface area (TPSA) is 114 Å². The lowest BCUT2D eigenvalue weighted by Crippen LogP contribution is -2.58. The van der Waals surface area contributed by atoms with Crippen LogP contribution in [-0.2, 0) is 19.2 Å². The summed E-state index contributed by atoms with van der Waals surface area (Å²) in [5.74, 6) is -11.9.